The van der Waals surface area contributed by atoms with Crippen molar-refractivity contribution in [2.45, 2.75) is 6.61 Å². The minimum absolute atomic E-state index is 0.00144. The second-order valence-electron chi connectivity index (χ2n) is 4.00. The molecule has 0 saturated heterocycles. The lowest BCUT2D eigenvalue weighted by atomic mass is 10.2. The van der Waals surface area contributed by atoms with Crippen LogP contribution in [0.25, 0.3) is 0 Å². The maximum absolute atomic E-state index is 13.5. The lowest BCUT2D eigenvalue weighted by molar-refractivity contribution is 0.261. The van der Waals surface area contributed by atoms with Crippen molar-refractivity contribution in [2.24, 2.45) is 0 Å². The Morgan fingerprint density at radius 3 is 2.52 bits per heavy atom. The standard InChI is InChI=1S/C13H10Cl2FN3O2/c14-11-4-7(5-12(15)19-11)17-13(21)18-10-3-1-2-9(16)8(10)6-20/h1-5,20H,6H2,(H2,17,18,19,21). The second-order valence-corrected chi connectivity index (χ2v) is 4.78. The lowest BCUT2D eigenvalue weighted by Crippen LogP contribution is -2.20. The third kappa shape index (κ3) is 4.04. The first kappa shape index (κ1) is 15.5. The summed E-state index contributed by atoms with van der Waals surface area (Å²) in [6, 6.07) is 6.27. The number of rotatable bonds is 3. The third-order valence-electron chi connectivity index (χ3n) is 2.55. The summed E-state index contributed by atoms with van der Waals surface area (Å²) in [6.45, 7) is -0.533. The summed E-state index contributed by atoms with van der Waals surface area (Å²) in [5.74, 6) is -0.606. The minimum atomic E-state index is -0.631. The predicted octanol–water partition coefficient (Wildman–Crippen LogP) is 3.66. The molecule has 0 fully saturated rings. The highest BCUT2D eigenvalue weighted by Gasteiger charge is 2.11. The Hall–Kier alpha value is -1.89. The van der Waals surface area contributed by atoms with E-state index in [0.29, 0.717) is 5.69 Å². The molecule has 0 radical (unpaired) electrons. The van der Waals surface area contributed by atoms with E-state index in [0.717, 1.165) is 0 Å². The second kappa shape index (κ2) is 6.71. The Bertz CT molecular complexity index is 662. The van der Waals surface area contributed by atoms with Crippen molar-refractivity contribution in [1.29, 1.82) is 0 Å². The highest BCUT2D eigenvalue weighted by atomic mass is 35.5. The largest absolute Gasteiger partial charge is 0.391 e. The van der Waals surface area contributed by atoms with Crippen LogP contribution in [0, 0.1) is 5.82 Å². The zero-order chi connectivity index (χ0) is 15.4. The smallest absolute Gasteiger partial charge is 0.323 e. The summed E-state index contributed by atoms with van der Waals surface area (Å²) in [7, 11) is 0. The number of amides is 2. The maximum Gasteiger partial charge on any atom is 0.323 e. The van der Waals surface area contributed by atoms with Gasteiger partial charge in [0.25, 0.3) is 0 Å². The Kier molecular flexibility index (Phi) is 4.95. The molecule has 0 aliphatic rings. The number of hydrogen-bond donors (Lipinski definition) is 3. The SMILES string of the molecule is O=C(Nc1cc(Cl)nc(Cl)c1)Nc1cccc(F)c1CO. The molecule has 5 nitrogen and oxygen atoms in total. The van der Waals surface area contributed by atoms with Gasteiger partial charge in [-0.25, -0.2) is 14.2 Å². The molecule has 0 saturated carbocycles. The molecule has 0 unspecified atom stereocenters. The molecule has 1 heterocycles. The quantitative estimate of drug-likeness (QED) is 0.752. The van der Waals surface area contributed by atoms with E-state index in [2.05, 4.69) is 15.6 Å². The fourth-order valence-corrected chi connectivity index (χ4v) is 2.12. The van der Waals surface area contributed by atoms with Crippen molar-refractivity contribution >= 4 is 40.6 Å². The number of nitrogens with zero attached hydrogens (tertiary/aromatic N) is 1. The van der Waals surface area contributed by atoms with E-state index in [1.165, 1.54) is 30.3 Å². The summed E-state index contributed by atoms with van der Waals surface area (Å²) in [5, 5.41) is 14.3. The number of urea groups is 1. The number of benzene rings is 1. The average Bonchev–Trinajstić information content (AvgIpc) is 2.37. The molecule has 2 aromatic rings. The van der Waals surface area contributed by atoms with Gasteiger partial charge < -0.3 is 15.7 Å². The van der Waals surface area contributed by atoms with Crippen LogP contribution in [0.1, 0.15) is 5.56 Å². The summed E-state index contributed by atoms with van der Waals surface area (Å²) < 4.78 is 13.5. The Morgan fingerprint density at radius 2 is 1.90 bits per heavy atom. The summed E-state index contributed by atoms with van der Waals surface area (Å²) in [5.41, 5.74) is 0.499. The number of carbonyl (C=O) groups is 1. The fraction of sp³-hybridized carbons (Fsp3) is 0.0769. The van der Waals surface area contributed by atoms with E-state index in [4.69, 9.17) is 28.3 Å². The summed E-state index contributed by atoms with van der Waals surface area (Å²) in [6.07, 6.45) is 0. The van der Waals surface area contributed by atoms with E-state index >= 15 is 0 Å². The number of nitrogens with one attached hydrogen (secondary N) is 2. The Labute approximate surface area is 129 Å². The molecule has 0 bridgehead atoms. The molecule has 2 amide bonds. The zero-order valence-electron chi connectivity index (χ0n) is 10.5. The fourth-order valence-electron chi connectivity index (χ4n) is 1.66. The van der Waals surface area contributed by atoms with Crippen molar-refractivity contribution in [1.82, 2.24) is 4.98 Å². The number of hydrogen-bond acceptors (Lipinski definition) is 3. The molecule has 0 aliphatic heterocycles. The number of halogens is 3. The maximum atomic E-state index is 13.5. The van der Waals surface area contributed by atoms with Gasteiger partial charge in [-0.05, 0) is 24.3 Å². The monoisotopic (exact) mass is 329 g/mol. The summed E-state index contributed by atoms with van der Waals surface area (Å²) in [4.78, 5) is 15.6. The molecule has 21 heavy (non-hydrogen) atoms. The van der Waals surface area contributed by atoms with Crippen molar-refractivity contribution in [2.75, 3.05) is 10.6 Å². The van der Waals surface area contributed by atoms with Crippen molar-refractivity contribution in [3.8, 4) is 0 Å². The van der Waals surface area contributed by atoms with Crippen LogP contribution in [-0.4, -0.2) is 16.1 Å². The number of aliphatic hydroxyl groups is 1. The van der Waals surface area contributed by atoms with Gasteiger partial charge in [0, 0.05) is 11.3 Å². The summed E-state index contributed by atoms with van der Waals surface area (Å²) >= 11 is 11.4. The van der Waals surface area contributed by atoms with Crippen LogP contribution < -0.4 is 10.6 Å². The van der Waals surface area contributed by atoms with Crippen molar-refractivity contribution < 1.29 is 14.3 Å². The van der Waals surface area contributed by atoms with Gasteiger partial charge in [0.15, 0.2) is 0 Å². The normalized spacial score (nSPS) is 10.3. The molecule has 1 aromatic carbocycles. The molecule has 0 spiro atoms. The molecular weight excluding hydrogens is 320 g/mol. The number of anilines is 2. The third-order valence-corrected chi connectivity index (χ3v) is 2.93. The molecular formula is C13H10Cl2FN3O2. The van der Waals surface area contributed by atoms with Gasteiger partial charge in [-0.1, -0.05) is 29.3 Å². The first-order chi connectivity index (χ1) is 9.99. The van der Waals surface area contributed by atoms with Gasteiger partial charge in [-0.3, -0.25) is 0 Å². The van der Waals surface area contributed by atoms with E-state index in [1.807, 2.05) is 0 Å². The van der Waals surface area contributed by atoms with Gasteiger partial charge in [-0.15, -0.1) is 0 Å². The number of carbonyl (C=O) groups excluding carboxylic acids is 1. The van der Waals surface area contributed by atoms with Crippen LogP contribution in [0.15, 0.2) is 30.3 Å². The van der Waals surface area contributed by atoms with Crippen LogP contribution in [-0.2, 0) is 6.61 Å². The van der Waals surface area contributed by atoms with E-state index in [-0.39, 0.29) is 21.6 Å². The van der Waals surface area contributed by atoms with Gasteiger partial charge in [-0.2, -0.15) is 0 Å². The first-order valence-corrected chi connectivity index (χ1v) is 6.54. The molecule has 3 N–H and O–H groups in total. The zero-order valence-corrected chi connectivity index (χ0v) is 12.0. The van der Waals surface area contributed by atoms with E-state index in [9.17, 15) is 9.18 Å². The van der Waals surface area contributed by atoms with Gasteiger partial charge in [0.05, 0.1) is 12.3 Å². The van der Waals surface area contributed by atoms with Crippen LogP contribution in [0.5, 0.6) is 0 Å². The number of aromatic nitrogens is 1. The minimum Gasteiger partial charge on any atom is -0.391 e. The number of aliphatic hydroxyl groups excluding tert-OH is 1. The molecule has 1 aromatic heterocycles. The highest BCUT2D eigenvalue weighted by molar-refractivity contribution is 6.33. The molecule has 2 rings (SSSR count). The average molecular weight is 330 g/mol. The highest BCUT2D eigenvalue weighted by Crippen LogP contribution is 2.21. The number of pyridine rings is 1. The van der Waals surface area contributed by atoms with Crippen LogP contribution in [0.4, 0.5) is 20.6 Å². The Balaban J connectivity index is 2.13. The molecule has 0 atom stereocenters. The van der Waals surface area contributed by atoms with Crippen LogP contribution in [0.3, 0.4) is 0 Å². The van der Waals surface area contributed by atoms with Crippen molar-refractivity contribution in [3.05, 3.63) is 52.0 Å². The van der Waals surface area contributed by atoms with Gasteiger partial charge in [0.1, 0.15) is 16.1 Å². The van der Waals surface area contributed by atoms with E-state index < -0.39 is 18.5 Å². The van der Waals surface area contributed by atoms with E-state index in [1.54, 1.807) is 0 Å². The van der Waals surface area contributed by atoms with Crippen LogP contribution >= 0.6 is 23.2 Å². The van der Waals surface area contributed by atoms with Gasteiger partial charge >= 0.3 is 6.03 Å². The molecule has 0 aliphatic carbocycles. The van der Waals surface area contributed by atoms with Crippen molar-refractivity contribution in [3.63, 3.8) is 0 Å². The molecule has 8 heteroatoms. The first-order valence-electron chi connectivity index (χ1n) is 5.79. The lowest BCUT2D eigenvalue weighted by Gasteiger charge is -2.11. The predicted molar refractivity (Wildman–Crippen MR) is 79.2 cm³/mol. The molecule has 110 valence electrons. The topological polar surface area (TPSA) is 74.2 Å². The van der Waals surface area contributed by atoms with Crippen LogP contribution in [0.2, 0.25) is 10.3 Å². The van der Waals surface area contributed by atoms with Gasteiger partial charge in [0.2, 0.25) is 0 Å². The Morgan fingerprint density at radius 1 is 1.24 bits per heavy atom.